The first-order valence-electron chi connectivity index (χ1n) is 7.11. The number of nitrogens with one attached hydrogen (secondary N) is 1. The lowest BCUT2D eigenvalue weighted by atomic mass is 10.1. The van der Waals surface area contributed by atoms with E-state index in [9.17, 15) is 4.79 Å². The molecule has 1 heterocycles. The number of benzene rings is 1. The Morgan fingerprint density at radius 2 is 1.96 bits per heavy atom. The molecular formula is C15H19N3O3S2. The minimum atomic E-state index is -0.337. The van der Waals surface area contributed by atoms with Gasteiger partial charge in [-0.1, -0.05) is 43.0 Å². The number of aromatic nitrogens is 2. The van der Waals surface area contributed by atoms with Gasteiger partial charge in [-0.25, -0.2) is 0 Å². The number of hydrogen-bond acceptors (Lipinski definition) is 7. The lowest BCUT2D eigenvalue weighted by Crippen LogP contribution is -2.14. The van der Waals surface area contributed by atoms with E-state index in [0.29, 0.717) is 27.4 Å². The maximum Gasteiger partial charge on any atom is 0.265 e. The van der Waals surface area contributed by atoms with Gasteiger partial charge >= 0.3 is 0 Å². The van der Waals surface area contributed by atoms with Gasteiger partial charge in [-0.3, -0.25) is 10.1 Å². The maximum atomic E-state index is 12.5. The lowest BCUT2D eigenvalue weighted by molar-refractivity contribution is 0.102. The van der Waals surface area contributed by atoms with Crippen LogP contribution in [0.4, 0.5) is 5.13 Å². The number of carbonyl (C=O) groups is 1. The van der Waals surface area contributed by atoms with Crippen LogP contribution in [-0.2, 0) is 0 Å². The second-order valence-corrected chi connectivity index (χ2v) is 7.36. The molecule has 0 aliphatic rings. The fraction of sp³-hybridized carbons (Fsp3) is 0.400. The van der Waals surface area contributed by atoms with Crippen molar-refractivity contribution in [1.82, 2.24) is 10.2 Å². The van der Waals surface area contributed by atoms with Gasteiger partial charge in [0, 0.05) is 5.25 Å². The van der Waals surface area contributed by atoms with Crippen molar-refractivity contribution in [1.29, 1.82) is 0 Å². The Morgan fingerprint density at radius 1 is 1.30 bits per heavy atom. The molecule has 2 aromatic rings. The molecule has 0 saturated heterocycles. The molecule has 1 N–H and O–H groups in total. The van der Waals surface area contributed by atoms with Crippen molar-refractivity contribution in [3.63, 3.8) is 0 Å². The van der Waals surface area contributed by atoms with E-state index in [-0.39, 0.29) is 5.91 Å². The van der Waals surface area contributed by atoms with Crippen LogP contribution in [0, 0.1) is 0 Å². The van der Waals surface area contributed by atoms with Crippen molar-refractivity contribution in [3.05, 3.63) is 23.8 Å². The predicted octanol–water partition coefficient (Wildman–Crippen LogP) is 3.70. The highest BCUT2D eigenvalue weighted by molar-refractivity contribution is 8.01. The summed E-state index contributed by atoms with van der Waals surface area (Å²) in [6.45, 7) is 4.25. The van der Waals surface area contributed by atoms with Crippen LogP contribution in [0.25, 0.3) is 0 Å². The third-order valence-electron chi connectivity index (χ3n) is 3.16. The van der Waals surface area contributed by atoms with Crippen molar-refractivity contribution in [3.8, 4) is 11.5 Å². The van der Waals surface area contributed by atoms with Crippen LogP contribution >= 0.6 is 23.1 Å². The van der Waals surface area contributed by atoms with E-state index in [4.69, 9.17) is 9.47 Å². The summed E-state index contributed by atoms with van der Waals surface area (Å²) in [5.74, 6) is 0.552. The minimum absolute atomic E-state index is 0.337. The molecule has 0 saturated carbocycles. The molecule has 2 rings (SSSR count). The van der Waals surface area contributed by atoms with Gasteiger partial charge in [0.15, 0.2) is 4.34 Å². The Kier molecular flexibility index (Phi) is 6.23. The molecule has 0 bridgehead atoms. The molecule has 1 unspecified atom stereocenters. The fourth-order valence-corrected chi connectivity index (χ4v) is 3.79. The zero-order chi connectivity index (χ0) is 16.8. The van der Waals surface area contributed by atoms with Crippen LogP contribution in [0.2, 0.25) is 0 Å². The smallest absolute Gasteiger partial charge is 0.265 e. The van der Waals surface area contributed by atoms with Crippen LogP contribution in [0.15, 0.2) is 22.5 Å². The van der Waals surface area contributed by atoms with Crippen LogP contribution in [0.5, 0.6) is 11.5 Å². The first kappa shape index (κ1) is 17.6. The molecule has 0 spiro atoms. The average molecular weight is 353 g/mol. The third kappa shape index (κ3) is 4.35. The van der Waals surface area contributed by atoms with Gasteiger partial charge in [0.2, 0.25) is 5.13 Å². The number of nitrogens with zero attached hydrogens (tertiary/aromatic N) is 2. The van der Waals surface area contributed by atoms with Gasteiger partial charge in [0.1, 0.15) is 17.1 Å². The second-order valence-electron chi connectivity index (χ2n) is 4.70. The standard InChI is InChI=1S/C15H19N3O3S2/c1-5-9(2)22-15-18-17-14(23-15)16-13(19)12-10(20-3)7-6-8-11(12)21-4/h6-9H,5H2,1-4H3,(H,16,17,19). The maximum absolute atomic E-state index is 12.5. The van der Waals surface area contributed by atoms with Crippen LogP contribution in [0.1, 0.15) is 30.6 Å². The number of methoxy groups -OCH3 is 2. The highest BCUT2D eigenvalue weighted by Gasteiger charge is 2.20. The number of anilines is 1. The second kappa shape index (κ2) is 8.16. The molecule has 1 amide bonds. The first-order chi connectivity index (χ1) is 11.1. The number of ether oxygens (including phenoxy) is 2. The topological polar surface area (TPSA) is 73.3 Å². The lowest BCUT2D eigenvalue weighted by Gasteiger charge is -2.11. The largest absolute Gasteiger partial charge is 0.496 e. The summed E-state index contributed by atoms with van der Waals surface area (Å²) >= 11 is 3.00. The van der Waals surface area contributed by atoms with Gasteiger partial charge in [-0.2, -0.15) is 0 Å². The normalized spacial score (nSPS) is 11.8. The zero-order valence-corrected chi connectivity index (χ0v) is 15.1. The minimum Gasteiger partial charge on any atom is -0.496 e. The summed E-state index contributed by atoms with van der Waals surface area (Å²) in [5.41, 5.74) is 0.337. The zero-order valence-electron chi connectivity index (χ0n) is 13.5. The molecule has 8 heteroatoms. The molecule has 0 aliphatic carbocycles. The van der Waals surface area contributed by atoms with Gasteiger partial charge in [0.25, 0.3) is 5.91 Å². The number of rotatable bonds is 7. The fourth-order valence-electron chi connectivity index (χ4n) is 1.80. The van der Waals surface area contributed by atoms with Crippen molar-refractivity contribution in [2.75, 3.05) is 19.5 Å². The molecule has 1 aromatic heterocycles. The van der Waals surface area contributed by atoms with Gasteiger partial charge in [-0.05, 0) is 18.6 Å². The third-order valence-corrected chi connectivity index (χ3v) is 5.35. The summed E-state index contributed by atoms with van der Waals surface area (Å²) in [6, 6.07) is 5.18. The first-order valence-corrected chi connectivity index (χ1v) is 8.81. The highest BCUT2D eigenvalue weighted by atomic mass is 32.2. The Bertz CT molecular complexity index is 653. The summed E-state index contributed by atoms with van der Waals surface area (Å²) < 4.78 is 11.3. The number of carbonyl (C=O) groups excluding carboxylic acids is 1. The summed E-state index contributed by atoms with van der Waals surface area (Å²) in [7, 11) is 3.02. The molecule has 0 aliphatic heterocycles. The van der Waals surface area contributed by atoms with Gasteiger partial charge < -0.3 is 9.47 Å². The summed E-state index contributed by atoms with van der Waals surface area (Å²) in [4.78, 5) is 12.5. The summed E-state index contributed by atoms with van der Waals surface area (Å²) in [5, 5.41) is 11.8. The van der Waals surface area contributed by atoms with Crippen molar-refractivity contribution >= 4 is 34.1 Å². The molecule has 0 radical (unpaired) electrons. The van der Waals surface area contributed by atoms with E-state index in [1.807, 2.05) is 0 Å². The number of hydrogen-bond donors (Lipinski definition) is 1. The molecular weight excluding hydrogens is 334 g/mol. The van der Waals surface area contributed by atoms with Gasteiger partial charge in [0.05, 0.1) is 14.2 Å². The predicted molar refractivity (Wildman–Crippen MR) is 93.0 cm³/mol. The Hall–Kier alpha value is -1.80. The molecule has 23 heavy (non-hydrogen) atoms. The van der Waals surface area contributed by atoms with E-state index < -0.39 is 0 Å². The molecule has 1 aromatic carbocycles. The Labute approximate surface area is 143 Å². The Morgan fingerprint density at radius 3 is 2.52 bits per heavy atom. The number of amides is 1. The van der Waals surface area contributed by atoms with E-state index in [1.165, 1.54) is 25.6 Å². The van der Waals surface area contributed by atoms with E-state index in [2.05, 4.69) is 29.4 Å². The van der Waals surface area contributed by atoms with E-state index >= 15 is 0 Å². The van der Waals surface area contributed by atoms with E-state index in [1.54, 1.807) is 30.0 Å². The highest BCUT2D eigenvalue weighted by Crippen LogP contribution is 2.32. The SMILES string of the molecule is CCC(C)Sc1nnc(NC(=O)c2c(OC)cccc2OC)s1. The van der Waals surface area contributed by atoms with Crippen molar-refractivity contribution in [2.45, 2.75) is 29.9 Å². The quantitative estimate of drug-likeness (QED) is 0.604. The van der Waals surface area contributed by atoms with Gasteiger partial charge in [-0.15, -0.1) is 10.2 Å². The van der Waals surface area contributed by atoms with E-state index in [0.717, 1.165) is 10.8 Å². The average Bonchev–Trinajstić information content (AvgIpc) is 3.00. The molecule has 1 atom stereocenters. The monoisotopic (exact) mass is 353 g/mol. The van der Waals surface area contributed by atoms with Crippen molar-refractivity contribution in [2.24, 2.45) is 0 Å². The van der Waals surface area contributed by atoms with Crippen LogP contribution in [-0.4, -0.2) is 35.6 Å². The van der Waals surface area contributed by atoms with Crippen LogP contribution < -0.4 is 14.8 Å². The van der Waals surface area contributed by atoms with Crippen molar-refractivity contribution < 1.29 is 14.3 Å². The Balaban J connectivity index is 2.17. The molecule has 0 fully saturated rings. The molecule has 6 nitrogen and oxygen atoms in total. The van der Waals surface area contributed by atoms with Crippen LogP contribution in [0.3, 0.4) is 0 Å². The number of thioether (sulfide) groups is 1. The summed E-state index contributed by atoms with van der Waals surface area (Å²) in [6.07, 6.45) is 1.05. The molecule has 124 valence electrons.